The summed E-state index contributed by atoms with van der Waals surface area (Å²) in [6.45, 7) is 0. The lowest BCUT2D eigenvalue weighted by molar-refractivity contribution is 0.669. The van der Waals surface area contributed by atoms with Gasteiger partial charge in [0.25, 0.3) is 0 Å². The van der Waals surface area contributed by atoms with Crippen LogP contribution in [0.4, 0.5) is 0 Å². The average molecular weight is 645 g/mol. The van der Waals surface area contributed by atoms with Crippen LogP contribution in [-0.4, -0.2) is 4.57 Å². The van der Waals surface area contributed by atoms with Gasteiger partial charge in [-0.05, 0) is 81.4 Å². The molecule has 10 rings (SSSR count). The van der Waals surface area contributed by atoms with E-state index in [1.165, 1.54) is 0 Å². The van der Waals surface area contributed by atoms with Gasteiger partial charge in [-0.1, -0.05) is 145 Å². The van der Waals surface area contributed by atoms with Crippen molar-refractivity contribution in [3.05, 3.63) is 188 Å². The van der Waals surface area contributed by atoms with Crippen LogP contribution in [0.15, 0.2) is 192 Å². The number of rotatable bonds is 5. The first kappa shape index (κ1) is 22.1. The van der Waals surface area contributed by atoms with E-state index in [0.717, 1.165) is 60.9 Å². The van der Waals surface area contributed by atoms with E-state index in [1.54, 1.807) is 0 Å². The summed E-state index contributed by atoms with van der Waals surface area (Å²) < 4.78 is 68.1. The Bertz CT molecular complexity index is 3150. The monoisotopic (exact) mass is 644 g/mol. The minimum Gasteiger partial charge on any atom is -0.456 e. The molecule has 50 heavy (non-hydrogen) atoms. The van der Waals surface area contributed by atoms with E-state index in [2.05, 4.69) is 102 Å². The first-order valence-electron chi connectivity index (χ1n) is 20.0. The normalized spacial score (nSPS) is 13.6. The molecule has 0 fully saturated rings. The van der Waals surface area contributed by atoms with Gasteiger partial charge in [0.1, 0.15) is 11.2 Å². The van der Waals surface area contributed by atoms with Gasteiger partial charge in [0.05, 0.1) is 26.3 Å². The van der Waals surface area contributed by atoms with Gasteiger partial charge < -0.3 is 8.98 Å². The lowest BCUT2D eigenvalue weighted by Crippen LogP contribution is -1.97. The SMILES string of the molecule is [2H]c1c([2H])c([2H])c2c(oc3c([2H])c([2H])c([2H])c(-c4ccc(-c5ccccc5-n5c6ccc(-c7ccccc7)cc6c6cc(-c7ccccc7)ccc65)cc4)c32)c1[2H]. The third kappa shape index (κ3) is 4.57. The molecule has 0 N–H and O–H groups in total. The molecule has 2 heteroatoms. The maximum atomic E-state index is 8.99. The first-order valence-corrected chi connectivity index (χ1v) is 16.5. The molecule has 0 aliphatic rings. The van der Waals surface area contributed by atoms with Crippen molar-refractivity contribution in [3.8, 4) is 50.2 Å². The van der Waals surface area contributed by atoms with E-state index >= 15 is 0 Å². The number of benzene rings is 8. The summed E-state index contributed by atoms with van der Waals surface area (Å²) in [4.78, 5) is 0. The van der Waals surface area contributed by atoms with Gasteiger partial charge in [0, 0.05) is 27.1 Å². The second-order valence-electron chi connectivity index (χ2n) is 12.4. The minimum atomic E-state index is -0.448. The molecule has 0 saturated heterocycles. The fraction of sp³-hybridized carbons (Fsp3) is 0. The fourth-order valence-electron chi connectivity index (χ4n) is 7.21. The molecule has 0 atom stereocenters. The van der Waals surface area contributed by atoms with Gasteiger partial charge in [-0.2, -0.15) is 0 Å². The van der Waals surface area contributed by atoms with Gasteiger partial charge in [-0.15, -0.1) is 0 Å². The minimum absolute atomic E-state index is 0.0420. The number of furan rings is 1. The summed E-state index contributed by atoms with van der Waals surface area (Å²) in [5, 5.41) is 2.59. The third-order valence-corrected chi connectivity index (χ3v) is 9.56. The summed E-state index contributed by atoms with van der Waals surface area (Å²) >= 11 is 0. The van der Waals surface area contributed by atoms with E-state index < -0.39 is 12.1 Å². The summed E-state index contributed by atoms with van der Waals surface area (Å²) in [6, 6.07) is 47.5. The predicted molar refractivity (Wildman–Crippen MR) is 210 cm³/mol. The Hall–Kier alpha value is -6.64. The topological polar surface area (TPSA) is 18.1 Å². The zero-order valence-corrected chi connectivity index (χ0v) is 26.7. The molecule has 8 aromatic carbocycles. The number of hydrogen-bond acceptors (Lipinski definition) is 1. The van der Waals surface area contributed by atoms with Gasteiger partial charge in [-0.3, -0.25) is 0 Å². The number of aromatic nitrogens is 1. The highest BCUT2D eigenvalue weighted by Crippen LogP contribution is 2.41. The predicted octanol–water partition coefficient (Wildman–Crippen LogP) is 13.4. The molecule has 0 spiro atoms. The van der Waals surface area contributed by atoms with Crippen molar-refractivity contribution in [2.45, 2.75) is 0 Å². The maximum absolute atomic E-state index is 8.99. The number of nitrogens with zero attached hydrogens (tertiary/aromatic N) is 1. The van der Waals surface area contributed by atoms with Gasteiger partial charge in [0.2, 0.25) is 0 Å². The van der Waals surface area contributed by atoms with E-state index in [4.69, 9.17) is 14.0 Å². The summed E-state index contributed by atoms with van der Waals surface area (Å²) in [5.41, 5.74) is 10.3. The smallest absolute Gasteiger partial charge is 0.136 e. The van der Waals surface area contributed by atoms with Gasteiger partial charge in [0.15, 0.2) is 0 Å². The van der Waals surface area contributed by atoms with Crippen LogP contribution in [0.1, 0.15) is 9.60 Å². The van der Waals surface area contributed by atoms with Gasteiger partial charge >= 0.3 is 0 Å². The van der Waals surface area contributed by atoms with Crippen LogP contribution in [0.3, 0.4) is 0 Å². The van der Waals surface area contributed by atoms with Crippen LogP contribution < -0.4 is 0 Å². The first-order chi connectivity index (χ1) is 27.7. The van der Waals surface area contributed by atoms with Crippen molar-refractivity contribution in [2.24, 2.45) is 0 Å². The zero-order valence-electron chi connectivity index (χ0n) is 33.7. The molecule has 0 bridgehead atoms. The quantitative estimate of drug-likeness (QED) is 0.182. The molecular formula is C48H31NO. The Morgan fingerprint density at radius 3 is 1.60 bits per heavy atom. The lowest BCUT2D eigenvalue weighted by atomic mass is 9.96. The highest BCUT2D eigenvalue weighted by Gasteiger charge is 2.18. The largest absolute Gasteiger partial charge is 0.456 e. The molecule has 2 aromatic heterocycles. The molecule has 2 nitrogen and oxygen atoms in total. The van der Waals surface area contributed by atoms with Crippen molar-refractivity contribution >= 4 is 43.7 Å². The van der Waals surface area contributed by atoms with Crippen LogP contribution >= 0.6 is 0 Å². The Morgan fingerprint density at radius 2 is 0.940 bits per heavy atom. The Labute approximate surface area is 299 Å². The van der Waals surface area contributed by atoms with Crippen LogP contribution in [0, 0.1) is 0 Å². The second-order valence-corrected chi connectivity index (χ2v) is 12.4. The van der Waals surface area contributed by atoms with Crippen molar-refractivity contribution in [1.29, 1.82) is 0 Å². The molecular weight excluding hydrogens is 607 g/mol. The number of para-hydroxylation sites is 2. The molecule has 0 saturated carbocycles. The Morgan fingerprint density at radius 1 is 0.400 bits per heavy atom. The zero-order chi connectivity index (χ0) is 39.1. The maximum Gasteiger partial charge on any atom is 0.136 e. The number of fused-ring (bicyclic) bond motifs is 6. The molecule has 0 aliphatic heterocycles. The summed E-state index contributed by atoms with van der Waals surface area (Å²) in [7, 11) is 0. The molecule has 0 amide bonds. The van der Waals surface area contributed by atoms with Crippen molar-refractivity contribution in [1.82, 2.24) is 4.57 Å². The highest BCUT2D eigenvalue weighted by molar-refractivity contribution is 6.13. The Kier molecular flexibility index (Phi) is 5.08. The van der Waals surface area contributed by atoms with Gasteiger partial charge in [-0.25, -0.2) is 0 Å². The van der Waals surface area contributed by atoms with Crippen LogP contribution in [0.25, 0.3) is 93.9 Å². The highest BCUT2D eigenvalue weighted by atomic mass is 16.3. The molecule has 10 aromatic rings. The van der Waals surface area contributed by atoms with E-state index in [-0.39, 0.29) is 57.7 Å². The van der Waals surface area contributed by atoms with Crippen LogP contribution in [0.2, 0.25) is 0 Å². The van der Waals surface area contributed by atoms with Crippen molar-refractivity contribution < 1.29 is 14.0 Å². The Balaban J connectivity index is 1.16. The van der Waals surface area contributed by atoms with E-state index in [0.29, 0.717) is 5.56 Å². The standard InChI is InChI=1S/C48H31NO/c1-3-12-32(13-4-1)36-26-28-44-41(30-36)42-31-37(33-14-5-2-6-15-33)27-29-45(42)49(44)43-19-9-7-16-38(43)34-22-24-35(25-23-34)39-18-11-21-47-48(39)40-17-8-10-20-46(40)50-47/h1-31H/i8D,10D,11D,17D,18D,20D,21D. The molecule has 0 aliphatic carbocycles. The van der Waals surface area contributed by atoms with E-state index in [9.17, 15) is 0 Å². The molecule has 234 valence electrons. The summed E-state index contributed by atoms with van der Waals surface area (Å²) in [6.07, 6.45) is 0. The fourth-order valence-corrected chi connectivity index (χ4v) is 7.21. The van der Waals surface area contributed by atoms with Crippen molar-refractivity contribution in [2.75, 3.05) is 0 Å². The van der Waals surface area contributed by atoms with E-state index in [1.807, 2.05) is 48.5 Å². The number of hydrogen-bond donors (Lipinski definition) is 0. The van der Waals surface area contributed by atoms with Crippen LogP contribution in [-0.2, 0) is 0 Å². The third-order valence-electron chi connectivity index (χ3n) is 9.56. The molecule has 0 unspecified atom stereocenters. The lowest BCUT2D eigenvalue weighted by Gasteiger charge is -2.15. The van der Waals surface area contributed by atoms with Crippen LogP contribution in [0.5, 0.6) is 0 Å². The summed E-state index contributed by atoms with van der Waals surface area (Å²) in [5.74, 6) is 0. The molecule has 2 heterocycles. The second kappa shape index (κ2) is 11.5. The van der Waals surface area contributed by atoms with Crippen molar-refractivity contribution in [3.63, 3.8) is 0 Å². The average Bonchev–Trinajstić information content (AvgIpc) is 3.81. The molecule has 0 radical (unpaired) electrons.